The highest BCUT2D eigenvalue weighted by molar-refractivity contribution is 6.00. The first kappa shape index (κ1) is 16.7. The van der Waals surface area contributed by atoms with E-state index in [-0.39, 0.29) is 16.8 Å². The van der Waals surface area contributed by atoms with Crippen molar-refractivity contribution in [3.63, 3.8) is 0 Å². The lowest BCUT2D eigenvalue weighted by molar-refractivity contribution is 0.101. The monoisotopic (exact) mass is 326 g/mol. The van der Waals surface area contributed by atoms with E-state index in [0.29, 0.717) is 11.3 Å². The summed E-state index contributed by atoms with van der Waals surface area (Å²) in [7, 11) is 1.92. The van der Waals surface area contributed by atoms with Crippen molar-refractivity contribution in [2.45, 2.75) is 41.0 Å². The fraction of sp³-hybridized carbons (Fsp3) is 0.500. The Balaban J connectivity index is 2.40. The summed E-state index contributed by atoms with van der Waals surface area (Å²) >= 11 is 0. The fourth-order valence-electron chi connectivity index (χ4n) is 4.16. The second-order valence-electron chi connectivity index (χ2n) is 7.33. The minimum absolute atomic E-state index is 0.138. The van der Waals surface area contributed by atoms with E-state index in [1.807, 2.05) is 18.5 Å². The van der Waals surface area contributed by atoms with Crippen LogP contribution in [-0.2, 0) is 7.05 Å². The molecule has 1 aromatic carbocycles. The van der Waals surface area contributed by atoms with Crippen LogP contribution in [0.2, 0.25) is 0 Å². The van der Waals surface area contributed by atoms with Crippen LogP contribution < -0.4 is 10.3 Å². The largest absolute Gasteiger partial charge is 0.371 e. The molecule has 4 nitrogen and oxygen atoms in total. The molecule has 1 fully saturated rings. The Morgan fingerprint density at radius 2 is 1.83 bits per heavy atom. The van der Waals surface area contributed by atoms with Crippen molar-refractivity contribution in [1.82, 2.24) is 4.57 Å². The van der Waals surface area contributed by atoms with Crippen LogP contribution in [0.5, 0.6) is 0 Å². The molecule has 1 aromatic heterocycles. The molecule has 2 heterocycles. The molecule has 0 amide bonds. The number of Topliss-reactive ketones (excluding diaryl/α,β-unsaturated/α-hetero) is 1. The molecule has 0 N–H and O–H groups in total. The van der Waals surface area contributed by atoms with Gasteiger partial charge < -0.3 is 9.47 Å². The summed E-state index contributed by atoms with van der Waals surface area (Å²) in [6.45, 7) is 12.1. The summed E-state index contributed by atoms with van der Waals surface area (Å²) in [5, 5.41) is 0.691. The van der Waals surface area contributed by atoms with Gasteiger partial charge in [-0.3, -0.25) is 9.59 Å². The summed E-state index contributed by atoms with van der Waals surface area (Å²) < 4.78 is 1.94. The topological polar surface area (TPSA) is 42.3 Å². The average Bonchev–Trinajstić information content (AvgIpc) is 2.92. The van der Waals surface area contributed by atoms with Crippen LogP contribution in [0.1, 0.15) is 47.3 Å². The van der Waals surface area contributed by atoms with E-state index in [1.54, 1.807) is 6.20 Å². The summed E-state index contributed by atoms with van der Waals surface area (Å²) in [5.41, 5.74) is 5.63. The molecular weight excluding hydrogens is 300 g/mol. The van der Waals surface area contributed by atoms with Gasteiger partial charge in [-0.05, 0) is 56.7 Å². The Labute approximate surface area is 143 Å². The number of fused-ring (bicyclic) bond motifs is 1. The normalized spacial score (nSPS) is 17.8. The third-order valence-electron chi connectivity index (χ3n) is 5.51. The fourth-order valence-corrected chi connectivity index (χ4v) is 4.16. The first-order chi connectivity index (χ1) is 11.2. The molecule has 1 unspecified atom stereocenters. The van der Waals surface area contributed by atoms with Gasteiger partial charge in [-0.25, -0.2) is 0 Å². The SMILES string of the molecule is CC(=O)c1cn(C)c2c(C)c(N3CCC(C)C3)c(C)c(C)c2c1=O. The summed E-state index contributed by atoms with van der Waals surface area (Å²) in [6, 6.07) is 0. The van der Waals surface area contributed by atoms with Gasteiger partial charge in [0.15, 0.2) is 11.2 Å². The molecule has 0 bridgehead atoms. The van der Waals surface area contributed by atoms with E-state index in [0.717, 1.165) is 35.3 Å². The molecule has 1 atom stereocenters. The molecule has 0 spiro atoms. The summed E-state index contributed by atoms with van der Waals surface area (Å²) in [4.78, 5) is 27.2. The highest BCUT2D eigenvalue weighted by atomic mass is 16.1. The second-order valence-corrected chi connectivity index (χ2v) is 7.33. The van der Waals surface area contributed by atoms with Gasteiger partial charge in [0.2, 0.25) is 0 Å². The first-order valence-corrected chi connectivity index (χ1v) is 8.63. The van der Waals surface area contributed by atoms with Gasteiger partial charge in [-0.1, -0.05) is 6.92 Å². The van der Waals surface area contributed by atoms with E-state index < -0.39 is 0 Å². The van der Waals surface area contributed by atoms with Crippen LogP contribution in [0.15, 0.2) is 11.0 Å². The highest BCUT2D eigenvalue weighted by Crippen LogP contribution is 2.36. The predicted octanol–water partition coefficient (Wildman–Crippen LogP) is 3.51. The van der Waals surface area contributed by atoms with Crippen LogP contribution in [0.4, 0.5) is 5.69 Å². The Bertz CT molecular complexity index is 908. The van der Waals surface area contributed by atoms with Gasteiger partial charge >= 0.3 is 0 Å². The number of carbonyl (C=O) groups excluding carboxylic acids is 1. The van der Waals surface area contributed by atoms with Crippen LogP contribution in [-0.4, -0.2) is 23.4 Å². The number of aryl methyl sites for hydroxylation is 3. The van der Waals surface area contributed by atoms with Crippen molar-refractivity contribution in [2.75, 3.05) is 18.0 Å². The van der Waals surface area contributed by atoms with Gasteiger partial charge in [-0.15, -0.1) is 0 Å². The number of aromatic nitrogens is 1. The molecule has 1 saturated heterocycles. The molecule has 0 radical (unpaired) electrons. The number of anilines is 1. The zero-order valence-corrected chi connectivity index (χ0v) is 15.5. The lowest BCUT2D eigenvalue weighted by Crippen LogP contribution is -2.24. The van der Waals surface area contributed by atoms with Crippen molar-refractivity contribution in [2.24, 2.45) is 13.0 Å². The molecule has 1 aliphatic rings. The second kappa shape index (κ2) is 5.76. The number of rotatable bonds is 2. The maximum atomic E-state index is 12.9. The predicted molar refractivity (Wildman–Crippen MR) is 99.4 cm³/mol. The van der Waals surface area contributed by atoms with E-state index in [2.05, 4.69) is 25.7 Å². The zero-order chi connectivity index (χ0) is 17.8. The Morgan fingerprint density at radius 3 is 2.38 bits per heavy atom. The molecular formula is C20H26N2O2. The van der Waals surface area contributed by atoms with Crippen molar-refractivity contribution in [3.05, 3.63) is 38.7 Å². The minimum atomic E-state index is -0.176. The number of benzene rings is 1. The molecule has 3 rings (SSSR count). The number of nitrogens with zero attached hydrogens (tertiary/aromatic N) is 2. The van der Waals surface area contributed by atoms with Gasteiger partial charge in [0, 0.05) is 37.4 Å². The maximum Gasteiger partial charge on any atom is 0.200 e. The molecule has 1 aliphatic heterocycles. The van der Waals surface area contributed by atoms with E-state index in [4.69, 9.17) is 0 Å². The Kier molecular flexibility index (Phi) is 4.02. The standard InChI is InChI=1S/C20H26N2O2/c1-11-7-8-22(9-11)18-13(3)12(2)17-19(14(18)4)21(6)10-16(15(5)23)20(17)24/h10-11H,7-9H2,1-6H3. The number of carbonyl (C=O) groups is 1. The molecule has 0 aliphatic carbocycles. The molecule has 2 aromatic rings. The van der Waals surface area contributed by atoms with Crippen molar-refractivity contribution in [1.29, 1.82) is 0 Å². The van der Waals surface area contributed by atoms with Crippen LogP contribution in [0, 0.1) is 26.7 Å². The number of hydrogen-bond donors (Lipinski definition) is 0. The van der Waals surface area contributed by atoms with Gasteiger partial charge in [0.1, 0.15) is 0 Å². The molecule has 0 saturated carbocycles. The van der Waals surface area contributed by atoms with Gasteiger partial charge in [0.05, 0.1) is 11.1 Å². The summed E-state index contributed by atoms with van der Waals surface area (Å²) in [5.74, 6) is 0.522. The quantitative estimate of drug-likeness (QED) is 0.793. The number of ketones is 1. The third kappa shape index (κ3) is 2.36. The van der Waals surface area contributed by atoms with Crippen LogP contribution in [0.3, 0.4) is 0 Å². The maximum absolute atomic E-state index is 12.9. The zero-order valence-electron chi connectivity index (χ0n) is 15.5. The smallest absolute Gasteiger partial charge is 0.200 e. The lowest BCUT2D eigenvalue weighted by Gasteiger charge is -2.27. The van der Waals surface area contributed by atoms with E-state index >= 15 is 0 Å². The third-order valence-corrected chi connectivity index (χ3v) is 5.51. The van der Waals surface area contributed by atoms with Gasteiger partial charge in [0.25, 0.3) is 0 Å². The van der Waals surface area contributed by atoms with Crippen LogP contribution in [0.25, 0.3) is 10.9 Å². The lowest BCUT2D eigenvalue weighted by atomic mass is 9.94. The number of hydrogen-bond acceptors (Lipinski definition) is 3. The molecule has 24 heavy (non-hydrogen) atoms. The summed E-state index contributed by atoms with van der Waals surface area (Å²) in [6.07, 6.45) is 2.89. The van der Waals surface area contributed by atoms with Crippen molar-refractivity contribution >= 4 is 22.4 Å². The van der Waals surface area contributed by atoms with E-state index in [1.165, 1.54) is 19.0 Å². The van der Waals surface area contributed by atoms with Crippen molar-refractivity contribution < 1.29 is 4.79 Å². The molecule has 4 heteroatoms. The highest BCUT2D eigenvalue weighted by Gasteiger charge is 2.26. The first-order valence-electron chi connectivity index (χ1n) is 8.63. The van der Waals surface area contributed by atoms with Crippen molar-refractivity contribution in [3.8, 4) is 0 Å². The molecule has 128 valence electrons. The Hall–Kier alpha value is -2.10. The van der Waals surface area contributed by atoms with E-state index in [9.17, 15) is 9.59 Å². The van der Waals surface area contributed by atoms with Crippen LogP contribution >= 0.6 is 0 Å². The Morgan fingerprint density at radius 1 is 1.17 bits per heavy atom. The minimum Gasteiger partial charge on any atom is -0.371 e. The van der Waals surface area contributed by atoms with Gasteiger partial charge in [-0.2, -0.15) is 0 Å². The number of pyridine rings is 1. The average molecular weight is 326 g/mol.